The maximum atomic E-state index is 13.2. The van der Waals surface area contributed by atoms with Crippen LogP contribution in [0.25, 0.3) is 0 Å². The Balaban J connectivity index is 2.24. The predicted octanol–water partition coefficient (Wildman–Crippen LogP) is 3.72. The zero-order chi connectivity index (χ0) is 14.9. The first-order valence-electron chi connectivity index (χ1n) is 6.49. The van der Waals surface area contributed by atoms with Gasteiger partial charge in [0, 0.05) is 18.7 Å². The number of carbonyl (C=O) groups is 1. The summed E-state index contributed by atoms with van der Waals surface area (Å²) >= 11 is 0. The van der Waals surface area contributed by atoms with E-state index in [9.17, 15) is 22.4 Å². The van der Waals surface area contributed by atoms with E-state index >= 15 is 0 Å². The van der Waals surface area contributed by atoms with Gasteiger partial charge in [0.25, 0.3) is 5.91 Å². The average Bonchev–Trinajstić information content (AvgIpc) is 3.18. The van der Waals surface area contributed by atoms with Crippen LogP contribution in [0, 0.1) is 11.7 Å². The van der Waals surface area contributed by atoms with Crippen LogP contribution >= 0.6 is 0 Å². The number of rotatable bonds is 4. The van der Waals surface area contributed by atoms with Crippen molar-refractivity contribution in [3.63, 3.8) is 0 Å². The summed E-state index contributed by atoms with van der Waals surface area (Å²) in [7, 11) is 0. The second kappa shape index (κ2) is 5.42. The van der Waals surface area contributed by atoms with E-state index in [1.807, 2.05) is 0 Å². The van der Waals surface area contributed by atoms with Crippen molar-refractivity contribution in [3.05, 3.63) is 35.1 Å². The minimum absolute atomic E-state index is 0.124. The van der Waals surface area contributed by atoms with Crippen LogP contribution < -0.4 is 0 Å². The fourth-order valence-electron chi connectivity index (χ4n) is 2.03. The monoisotopic (exact) mass is 289 g/mol. The molecule has 0 atom stereocenters. The van der Waals surface area contributed by atoms with E-state index in [0.717, 1.165) is 18.9 Å². The van der Waals surface area contributed by atoms with Crippen molar-refractivity contribution in [3.8, 4) is 0 Å². The Kier molecular flexibility index (Phi) is 4.01. The molecule has 2 nitrogen and oxygen atoms in total. The molecule has 0 bridgehead atoms. The third kappa shape index (κ3) is 3.29. The maximum absolute atomic E-state index is 13.2. The Hall–Kier alpha value is -1.59. The molecule has 1 aromatic carbocycles. The highest BCUT2D eigenvalue weighted by molar-refractivity contribution is 5.94. The largest absolute Gasteiger partial charge is 0.419 e. The Morgan fingerprint density at radius 2 is 2.00 bits per heavy atom. The van der Waals surface area contributed by atoms with Crippen LogP contribution in [0.5, 0.6) is 0 Å². The van der Waals surface area contributed by atoms with Gasteiger partial charge in [-0.2, -0.15) is 13.2 Å². The van der Waals surface area contributed by atoms with Crippen molar-refractivity contribution < 1.29 is 22.4 Å². The maximum Gasteiger partial charge on any atom is 0.419 e. The molecule has 0 spiro atoms. The molecular formula is C14H15F4NO. The van der Waals surface area contributed by atoms with Gasteiger partial charge in [0.15, 0.2) is 0 Å². The second-order valence-electron chi connectivity index (χ2n) is 4.98. The lowest BCUT2D eigenvalue weighted by atomic mass is 10.1. The third-order valence-corrected chi connectivity index (χ3v) is 3.36. The standard InChI is InChI=1S/C14H15F4NO/c1-2-19(8-9-3-4-9)13(20)10-5-6-12(15)11(7-10)14(16,17)18/h5-7,9H,2-4,8H2,1H3. The average molecular weight is 289 g/mol. The van der Waals surface area contributed by atoms with E-state index in [4.69, 9.17) is 0 Å². The van der Waals surface area contributed by atoms with Gasteiger partial charge in [-0.3, -0.25) is 4.79 Å². The lowest BCUT2D eigenvalue weighted by Gasteiger charge is -2.21. The first kappa shape index (κ1) is 14.8. The molecule has 0 saturated heterocycles. The van der Waals surface area contributed by atoms with Crippen LogP contribution in [0.2, 0.25) is 0 Å². The molecule has 1 aliphatic rings. The van der Waals surface area contributed by atoms with Gasteiger partial charge in [0.05, 0.1) is 5.56 Å². The minimum Gasteiger partial charge on any atom is -0.339 e. The van der Waals surface area contributed by atoms with Crippen LogP contribution in [0.4, 0.5) is 17.6 Å². The first-order valence-corrected chi connectivity index (χ1v) is 6.49. The molecule has 0 N–H and O–H groups in total. The molecule has 2 rings (SSSR count). The molecule has 1 fully saturated rings. The highest BCUT2D eigenvalue weighted by Crippen LogP contribution is 2.33. The van der Waals surface area contributed by atoms with Gasteiger partial charge in [-0.1, -0.05) is 0 Å². The molecule has 6 heteroatoms. The number of benzene rings is 1. The Morgan fingerprint density at radius 1 is 1.35 bits per heavy atom. The molecule has 1 amide bonds. The summed E-state index contributed by atoms with van der Waals surface area (Å²) in [5.74, 6) is -1.40. The van der Waals surface area contributed by atoms with Crippen molar-refractivity contribution in [2.24, 2.45) is 5.92 Å². The molecular weight excluding hydrogens is 274 g/mol. The molecule has 0 aliphatic heterocycles. The van der Waals surface area contributed by atoms with E-state index in [-0.39, 0.29) is 5.56 Å². The summed E-state index contributed by atoms with van der Waals surface area (Å²) in [5, 5.41) is 0. The molecule has 1 aliphatic carbocycles. The molecule has 0 radical (unpaired) electrons. The number of amides is 1. The van der Waals surface area contributed by atoms with Crippen molar-refractivity contribution in [2.45, 2.75) is 25.9 Å². The normalized spacial score (nSPS) is 15.2. The lowest BCUT2D eigenvalue weighted by molar-refractivity contribution is -0.140. The van der Waals surface area contributed by atoms with Gasteiger partial charge in [-0.25, -0.2) is 4.39 Å². The van der Waals surface area contributed by atoms with E-state index in [1.54, 1.807) is 6.92 Å². The number of halogens is 4. The van der Waals surface area contributed by atoms with Gasteiger partial charge in [-0.15, -0.1) is 0 Å². The Labute approximate surface area is 114 Å². The topological polar surface area (TPSA) is 20.3 Å². The number of carbonyl (C=O) groups excluding carboxylic acids is 1. The smallest absolute Gasteiger partial charge is 0.339 e. The third-order valence-electron chi connectivity index (χ3n) is 3.36. The Bertz CT molecular complexity index is 508. The number of hydrogen-bond donors (Lipinski definition) is 0. The van der Waals surface area contributed by atoms with Gasteiger partial charge in [0.1, 0.15) is 5.82 Å². The fraction of sp³-hybridized carbons (Fsp3) is 0.500. The number of hydrogen-bond acceptors (Lipinski definition) is 1. The van der Waals surface area contributed by atoms with Crippen LogP contribution in [0.3, 0.4) is 0 Å². The second-order valence-corrected chi connectivity index (χ2v) is 4.98. The van der Waals surface area contributed by atoms with Gasteiger partial charge in [0.2, 0.25) is 0 Å². The molecule has 1 aromatic rings. The molecule has 0 heterocycles. The van der Waals surface area contributed by atoms with Crippen molar-refractivity contribution >= 4 is 5.91 Å². The molecule has 1 saturated carbocycles. The van der Waals surface area contributed by atoms with Gasteiger partial charge >= 0.3 is 6.18 Å². The van der Waals surface area contributed by atoms with Crippen molar-refractivity contribution in [2.75, 3.05) is 13.1 Å². The van der Waals surface area contributed by atoms with Crippen molar-refractivity contribution in [1.82, 2.24) is 4.90 Å². The molecule has 20 heavy (non-hydrogen) atoms. The van der Waals surface area contributed by atoms with E-state index in [1.165, 1.54) is 4.90 Å². The fourth-order valence-corrected chi connectivity index (χ4v) is 2.03. The number of alkyl halides is 3. The molecule has 0 unspecified atom stereocenters. The van der Waals surface area contributed by atoms with Gasteiger partial charge in [-0.05, 0) is 43.9 Å². The molecule has 110 valence electrons. The summed E-state index contributed by atoms with van der Waals surface area (Å²) in [4.78, 5) is 13.7. The quantitative estimate of drug-likeness (QED) is 0.774. The first-order chi connectivity index (χ1) is 9.32. The van der Waals surface area contributed by atoms with E-state index in [2.05, 4.69) is 0 Å². The van der Waals surface area contributed by atoms with Gasteiger partial charge < -0.3 is 4.90 Å². The zero-order valence-electron chi connectivity index (χ0n) is 11.0. The summed E-state index contributed by atoms with van der Waals surface area (Å²) < 4.78 is 51.1. The minimum atomic E-state index is -4.80. The predicted molar refractivity (Wildman–Crippen MR) is 65.7 cm³/mol. The summed E-state index contributed by atoms with van der Waals surface area (Å²) in [5.41, 5.74) is -1.52. The van der Waals surface area contributed by atoms with Crippen LogP contribution in [-0.4, -0.2) is 23.9 Å². The van der Waals surface area contributed by atoms with Crippen molar-refractivity contribution in [1.29, 1.82) is 0 Å². The zero-order valence-corrected chi connectivity index (χ0v) is 11.0. The molecule has 0 aromatic heterocycles. The van der Waals surface area contributed by atoms with E-state index < -0.39 is 23.5 Å². The lowest BCUT2D eigenvalue weighted by Crippen LogP contribution is -2.33. The van der Waals surface area contributed by atoms with Crippen LogP contribution in [0.1, 0.15) is 35.7 Å². The van der Waals surface area contributed by atoms with Crippen LogP contribution in [0.15, 0.2) is 18.2 Å². The number of nitrogens with zero attached hydrogens (tertiary/aromatic N) is 1. The summed E-state index contributed by atoms with van der Waals surface area (Å²) in [6, 6.07) is 2.39. The van der Waals surface area contributed by atoms with E-state index in [0.29, 0.717) is 31.1 Å². The Morgan fingerprint density at radius 3 is 2.50 bits per heavy atom. The SMILES string of the molecule is CCN(CC1CC1)C(=O)c1ccc(F)c(C(F)(F)F)c1. The summed E-state index contributed by atoms with van der Waals surface area (Å²) in [6.45, 7) is 2.75. The summed E-state index contributed by atoms with van der Waals surface area (Å²) in [6.07, 6.45) is -2.71. The highest BCUT2D eigenvalue weighted by atomic mass is 19.4. The van der Waals surface area contributed by atoms with Crippen LogP contribution in [-0.2, 0) is 6.18 Å². The highest BCUT2D eigenvalue weighted by Gasteiger charge is 2.35.